The van der Waals surface area contributed by atoms with Crippen molar-refractivity contribution in [3.63, 3.8) is 0 Å². The number of benzene rings is 1. The van der Waals surface area contributed by atoms with Crippen molar-refractivity contribution in [2.45, 2.75) is 38.6 Å². The molecule has 0 unspecified atom stereocenters. The smallest absolute Gasteiger partial charge is 0.168 e. The fraction of sp³-hybridized carbons (Fsp3) is 0.444. The monoisotopic (exact) mass is 357 g/mol. The van der Waals surface area contributed by atoms with E-state index in [1.54, 1.807) is 6.20 Å². The molecule has 2 aromatic rings. The van der Waals surface area contributed by atoms with Crippen LogP contribution in [0.1, 0.15) is 47.2 Å². The van der Waals surface area contributed by atoms with Gasteiger partial charge < -0.3 is 4.74 Å². The van der Waals surface area contributed by atoms with Crippen LogP contribution >= 0.6 is 0 Å². The largest absolute Gasteiger partial charge is 0.454 e. The molecule has 2 aliphatic rings. The van der Waals surface area contributed by atoms with Crippen LogP contribution in [0.25, 0.3) is 0 Å². The molecule has 0 spiro atoms. The van der Waals surface area contributed by atoms with E-state index in [0.29, 0.717) is 23.0 Å². The molecule has 1 aliphatic heterocycles. The Morgan fingerprint density at radius 2 is 1.88 bits per heavy atom. The zero-order valence-electron chi connectivity index (χ0n) is 14.2. The number of nitrogens with zero attached hydrogens (tertiary/aromatic N) is 3. The van der Waals surface area contributed by atoms with Gasteiger partial charge in [-0.1, -0.05) is 0 Å². The van der Waals surface area contributed by atoms with Gasteiger partial charge in [0.1, 0.15) is 5.75 Å². The van der Waals surface area contributed by atoms with Crippen molar-refractivity contribution >= 4 is 9.84 Å². The van der Waals surface area contributed by atoms with Gasteiger partial charge in [0.25, 0.3) is 0 Å². The molecule has 130 valence electrons. The second-order valence-electron chi connectivity index (χ2n) is 6.99. The summed E-state index contributed by atoms with van der Waals surface area (Å²) in [6.45, 7) is 3.78. The molecule has 6 nitrogen and oxygen atoms in total. The summed E-state index contributed by atoms with van der Waals surface area (Å²) < 4.78 is 30.9. The Balaban J connectivity index is 1.66. The zero-order chi connectivity index (χ0) is 17.8. The first-order valence-corrected chi connectivity index (χ1v) is 10.2. The standard InChI is InChI=1S/C18H19N3O3S/c1-11-5-15(6-12(2)16(11)7-19)24-17-8-20-21(18(17)13-3-4-13)14-9-25(22,23)10-14/h5-6,8,13-14H,3-4,9-10H2,1-2H3. The van der Waals surface area contributed by atoms with Crippen molar-refractivity contribution in [3.8, 4) is 17.6 Å². The highest BCUT2D eigenvalue weighted by atomic mass is 32.2. The predicted octanol–water partition coefficient (Wildman–Crippen LogP) is 3.01. The van der Waals surface area contributed by atoms with Crippen LogP contribution in [0.5, 0.6) is 11.5 Å². The number of nitriles is 1. The minimum atomic E-state index is -2.90. The van der Waals surface area contributed by atoms with Crippen molar-refractivity contribution < 1.29 is 13.2 Å². The Hall–Kier alpha value is -2.33. The quantitative estimate of drug-likeness (QED) is 0.840. The van der Waals surface area contributed by atoms with Crippen LogP contribution in [0.4, 0.5) is 0 Å². The summed E-state index contributed by atoms with van der Waals surface area (Å²) in [5, 5.41) is 13.6. The number of rotatable bonds is 4. The number of aromatic nitrogens is 2. The summed E-state index contributed by atoms with van der Waals surface area (Å²) >= 11 is 0. The molecule has 2 heterocycles. The Labute approximate surface area is 147 Å². The molecule has 0 N–H and O–H groups in total. The number of hydrogen-bond acceptors (Lipinski definition) is 5. The predicted molar refractivity (Wildman–Crippen MR) is 92.6 cm³/mol. The lowest BCUT2D eigenvalue weighted by atomic mass is 10.0. The maximum atomic E-state index is 11.5. The molecule has 0 bridgehead atoms. The van der Waals surface area contributed by atoms with Crippen molar-refractivity contribution in [1.29, 1.82) is 5.26 Å². The first kappa shape index (κ1) is 16.2. The molecule has 0 atom stereocenters. The Morgan fingerprint density at radius 1 is 1.24 bits per heavy atom. The third-order valence-corrected chi connectivity index (χ3v) is 6.63. The van der Waals surface area contributed by atoms with Gasteiger partial charge in [0.15, 0.2) is 15.6 Å². The normalized spacial score (nSPS) is 19.2. The summed E-state index contributed by atoms with van der Waals surface area (Å²) in [6, 6.07) is 5.84. The minimum absolute atomic E-state index is 0.0811. The van der Waals surface area contributed by atoms with Crippen LogP contribution in [0.15, 0.2) is 18.3 Å². The van der Waals surface area contributed by atoms with Crippen molar-refractivity contribution in [2.75, 3.05) is 11.5 Å². The third-order valence-electron chi connectivity index (χ3n) is 4.85. The summed E-state index contributed by atoms with van der Waals surface area (Å²) in [5.41, 5.74) is 3.43. The molecule has 1 aliphatic carbocycles. The lowest BCUT2D eigenvalue weighted by Gasteiger charge is -2.27. The Bertz CT molecular complexity index is 962. The number of sulfone groups is 1. The molecular weight excluding hydrogens is 338 g/mol. The second-order valence-corrected chi connectivity index (χ2v) is 9.14. The second kappa shape index (κ2) is 5.60. The van der Waals surface area contributed by atoms with E-state index in [0.717, 1.165) is 29.7 Å². The molecule has 1 saturated carbocycles. The van der Waals surface area contributed by atoms with E-state index in [4.69, 9.17) is 4.74 Å². The molecular formula is C18H19N3O3S. The van der Waals surface area contributed by atoms with Gasteiger partial charge in [0.05, 0.1) is 41.1 Å². The van der Waals surface area contributed by atoms with E-state index >= 15 is 0 Å². The lowest BCUT2D eigenvalue weighted by molar-refractivity contribution is 0.443. The molecule has 4 rings (SSSR count). The van der Waals surface area contributed by atoms with E-state index < -0.39 is 9.84 Å². The maximum absolute atomic E-state index is 11.5. The fourth-order valence-electron chi connectivity index (χ4n) is 3.44. The van der Waals surface area contributed by atoms with Crippen LogP contribution < -0.4 is 4.74 Å². The number of aryl methyl sites for hydroxylation is 2. The molecule has 0 amide bonds. The van der Waals surface area contributed by atoms with Gasteiger partial charge in [-0.25, -0.2) is 8.42 Å². The molecule has 1 aromatic heterocycles. The van der Waals surface area contributed by atoms with Gasteiger partial charge in [-0.15, -0.1) is 0 Å². The average Bonchev–Trinajstić information content (AvgIpc) is 3.26. The topological polar surface area (TPSA) is 85.0 Å². The third kappa shape index (κ3) is 2.91. The van der Waals surface area contributed by atoms with E-state index in [-0.39, 0.29) is 17.5 Å². The average molecular weight is 357 g/mol. The highest BCUT2D eigenvalue weighted by Crippen LogP contribution is 2.47. The SMILES string of the molecule is Cc1cc(Oc2cnn(C3CS(=O)(=O)C3)c2C2CC2)cc(C)c1C#N. The Morgan fingerprint density at radius 3 is 2.40 bits per heavy atom. The van der Waals surface area contributed by atoms with Gasteiger partial charge in [0.2, 0.25) is 0 Å². The summed E-state index contributed by atoms with van der Waals surface area (Å²) in [4.78, 5) is 0. The lowest BCUT2D eigenvalue weighted by Crippen LogP contribution is -2.39. The van der Waals surface area contributed by atoms with Gasteiger partial charge in [0, 0.05) is 5.92 Å². The molecule has 2 fully saturated rings. The van der Waals surface area contributed by atoms with Crippen LogP contribution in [-0.2, 0) is 9.84 Å². The van der Waals surface area contributed by atoms with Gasteiger partial charge in [-0.3, -0.25) is 4.68 Å². The van der Waals surface area contributed by atoms with Crippen molar-refractivity contribution in [1.82, 2.24) is 9.78 Å². The Kier molecular flexibility index (Phi) is 3.62. The molecule has 1 aromatic carbocycles. The van der Waals surface area contributed by atoms with Crippen molar-refractivity contribution in [2.24, 2.45) is 0 Å². The molecule has 1 saturated heterocycles. The van der Waals surface area contributed by atoms with Crippen LogP contribution in [0.2, 0.25) is 0 Å². The van der Waals surface area contributed by atoms with Crippen LogP contribution in [-0.4, -0.2) is 29.7 Å². The zero-order valence-corrected chi connectivity index (χ0v) is 15.0. The number of hydrogen-bond donors (Lipinski definition) is 0. The fourth-order valence-corrected chi connectivity index (χ4v) is 4.79. The maximum Gasteiger partial charge on any atom is 0.168 e. The van der Waals surface area contributed by atoms with Gasteiger partial charge >= 0.3 is 0 Å². The molecule has 25 heavy (non-hydrogen) atoms. The molecule has 7 heteroatoms. The first-order valence-electron chi connectivity index (χ1n) is 8.35. The van der Waals surface area contributed by atoms with Crippen LogP contribution in [0.3, 0.4) is 0 Å². The van der Waals surface area contributed by atoms with Gasteiger partial charge in [-0.2, -0.15) is 10.4 Å². The number of ether oxygens (including phenoxy) is 1. The highest BCUT2D eigenvalue weighted by Gasteiger charge is 2.40. The van der Waals surface area contributed by atoms with Crippen LogP contribution in [0, 0.1) is 25.2 Å². The van der Waals surface area contributed by atoms with Gasteiger partial charge in [-0.05, 0) is 49.9 Å². The first-order chi connectivity index (χ1) is 11.9. The molecule has 0 radical (unpaired) electrons. The van der Waals surface area contributed by atoms with E-state index in [1.165, 1.54) is 0 Å². The minimum Gasteiger partial charge on any atom is -0.454 e. The van der Waals surface area contributed by atoms with E-state index in [2.05, 4.69) is 11.2 Å². The summed E-state index contributed by atoms with van der Waals surface area (Å²) in [6.07, 6.45) is 3.83. The summed E-state index contributed by atoms with van der Waals surface area (Å²) in [7, 11) is -2.90. The van der Waals surface area contributed by atoms with Crippen molar-refractivity contribution in [3.05, 3.63) is 40.7 Å². The van der Waals surface area contributed by atoms with E-state index in [9.17, 15) is 13.7 Å². The van der Waals surface area contributed by atoms with E-state index in [1.807, 2.05) is 30.7 Å². The highest BCUT2D eigenvalue weighted by molar-refractivity contribution is 7.92. The summed E-state index contributed by atoms with van der Waals surface area (Å²) in [5.74, 6) is 2.07.